The molecule has 82 valence electrons. The van der Waals surface area contributed by atoms with Crippen LogP contribution >= 0.6 is 0 Å². The van der Waals surface area contributed by atoms with Crippen LogP contribution in [0.5, 0.6) is 0 Å². The van der Waals surface area contributed by atoms with Gasteiger partial charge in [0.05, 0.1) is 0 Å². The van der Waals surface area contributed by atoms with Crippen molar-refractivity contribution in [3.63, 3.8) is 0 Å². The second-order valence-electron chi connectivity index (χ2n) is 4.80. The summed E-state index contributed by atoms with van der Waals surface area (Å²) < 4.78 is 0. The van der Waals surface area contributed by atoms with Crippen molar-refractivity contribution in [1.82, 2.24) is 0 Å². The zero-order valence-corrected chi connectivity index (χ0v) is 9.21. The topological polar surface area (TPSA) is 52.0 Å². The van der Waals surface area contributed by atoms with Crippen LogP contribution in [0.15, 0.2) is 24.3 Å². The van der Waals surface area contributed by atoms with E-state index < -0.39 is 0 Å². The lowest BCUT2D eigenvalue weighted by Gasteiger charge is -2.33. The SMILES string of the molecule is Nc1ccccc1CC1(N)CCCCC1. The normalized spacial score (nSPS) is 20.1. The summed E-state index contributed by atoms with van der Waals surface area (Å²) in [5.74, 6) is 0. The Hall–Kier alpha value is -1.02. The summed E-state index contributed by atoms with van der Waals surface area (Å²) in [6.07, 6.45) is 7.08. The van der Waals surface area contributed by atoms with Gasteiger partial charge in [0, 0.05) is 11.2 Å². The molecular formula is C13H20N2. The molecule has 4 N–H and O–H groups in total. The van der Waals surface area contributed by atoms with Crippen molar-refractivity contribution in [1.29, 1.82) is 0 Å². The van der Waals surface area contributed by atoms with Gasteiger partial charge in [-0.05, 0) is 30.9 Å². The first-order chi connectivity index (χ1) is 7.20. The molecule has 0 bridgehead atoms. The third kappa shape index (κ3) is 2.51. The first-order valence-electron chi connectivity index (χ1n) is 5.82. The van der Waals surface area contributed by atoms with Crippen molar-refractivity contribution in [2.75, 3.05) is 5.73 Å². The lowest BCUT2D eigenvalue weighted by atomic mass is 9.78. The summed E-state index contributed by atoms with van der Waals surface area (Å²) in [6, 6.07) is 8.07. The Labute approximate surface area is 91.7 Å². The zero-order chi connectivity index (χ0) is 10.7. The Balaban J connectivity index is 2.10. The highest BCUT2D eigenvalue weighted by Gasteiger charge is 2.27. The van der Waals surface area contributed by atoms with E-state index in [-0.39, 0.29) is 5.54 Å². The van der Waals surface area contributed by atoms with Crippen LogP contribution in [-0.4, -0.2) is 5.54 Å². The van der Waals surface area contributed by atoms with E-state index in [1.807, 2.05) is 18.2 Å². The third-order valence-electron chi connectivity index (χ3n) is 3.45. The molecule has 2 nitrogen and oxygen atoms in total. The van der Waals surface area contributed by atoms with Gasteiger partial charge in [-0.25, -0.2) is 0 Å². The van der Waals surface area contributed by atoms with E-state index in [0.717, 1.165) is 24.9 Å². The summed E-state index contributed by atoms with van der Waals surface area (Å²) in [5, 5.41) is 0. The maximum Gasteiger partial charge on any atom is 0.0347 e. The van der Waals surface area contributed by atoms with E-state index in [1.54, 1.807) is 0 Å². The second kappa shape index (κ2) is 4.23. The van der Waals surface area contributed by atoms with Crippen LogP contribution in [-0.2, 0) is 6.42 Å². The van der Waals surface area contributed by atoms with Crippen LogP contribution in [0.2, 0.25) is 0 Å². The van der Waals surface area contributed by atoms with Gasteiger partial charge in [0.25, 0.3) is 0 Å². The molecule has 0 amide bonds. The fourth-order valence-electron chi connectivity index (χ4n) is 2.51. The summed E-state index contributed by atoms with van der Waals surface area (Å²) in [4.78, 5) is 0. The highest BCUT2D eigenvalue weighted by molar-refractivity contribution is 5.47. The fraction of sp³-hybridized carbons (Fsp3) is 0.538. The van der Waals surface area contributed by atoms with Gasteiger partial charge in [-0.15, -0.1) is 0 Å². The van der Waals surface area contributed by atoms with Crippen molar-refractivity contribution in [3.05, 3.63) is 29.8 Å². The molecule has 0 aromatic heterocycles. The van der Waals surface area contributed by atoms with Crippen LogP contribution in [0.4, 0.5) is 5.69 Å². The Morgan fingerprint density at radius 2 is 1.73 bits per heavy atom. The van der Waals surface area contributed by atoms with E-state index in [2.05, 4.69) is 6.07 Å². The molecule has 1 aliphatic rings. The zero-order valence-electron chi connectivity index (χ0n) is 9.21. The molecule has 0 radical (unpaired) electrons. The number of hydrogen-bond donors (Lipinski definition) is 2. The van der Waals surface area contributed by atoms with Crippen molar-refractivity contribution < 1.29 is 0 Å². The van der Waals surface area contributed by atoms with Crippen LogP contribution in [0.1, 0.15) is 37.7 Å². The maximum absolute atomic E-state index is 6.40. The highest BCUT2D eigenvalue weighted by Crippen LogP contribution is 2.30. The van der Waals surface area contributed by atoms with E-state index in [9.17, 15) is 0 Å². The van der Waals surface area contributed by atoms with E-state index in [0.29, 0.717) is 0 Å². The van der Waals surface area contributed by atoms with Crippen molar-refractivity contribution >= 4 is 5.69 Å². The predicted molar refractivity (Wildman–Crippen MR) is 64.6 cm³/mol. The molecule has 0 heterocycles. The van der Waals surface area contributed by atoms with E-state index in [1.165, 1.54) is 24.8 Å². The minimum absolute atomic E-state index is 0.00623. The summed E-state index contributed by atoms with van der Waals surface area (Å²) in [5.41, 5.74) is 14.4. The van der Waals surface area contributed by atoms with Crippen molar-refractivity contribution in [2.24, 2.45) is 5.73 Å². The van der Waals surface area contributed by atoms with Crippen LogP contribution in [0.25, 0.3) is 0 Å². The Morgan fingerprint density at radius 1 is 1.07 bits per heavy atom. The largest absolute Gasteiger partial charge is 0.399 e. The molecule has 1 aliphatic carbocycles. The molecule has 1 saturated carbocycles. The molecule has 1 fully saturated rings. The van der Waals surface area contributed by atoms with E-state index in [4.69, 9.17) is 11.5 Å². The number of rotatable bonds is 2. The molecule has 0 aliphatic heterocycles. The molecule has 0 atom stereocenters. The summed E-state index contributed by atoms with van der Waals surface area (Å²) >= 11 is 0. The molecule has 0 unspecified atom stereocenters. The first kappa shape index (κ1) is 10.5. The Kier molecular flexibility index (Phi) is 2.96. The van der Waals surface area contributed by atoms with Crippen molar-refractivity contribution in [3.8, 4) is 0 Å². The summed E-state index contributed by atoms with van der Waals surface area (Å²) in [6.45, 7) is 0. The van der Waals surface area contributed by atoms with E-state index >= 15 is 0 Å². The average Bonchev–Trinajstić information content (AvgIpc) is 2.22. The molecular weight excluding hydrogens is 184 g/mol. The molecule has 15 heavy (non-hydrogen) atoms. The number of benzene rings is 1. The van der Waals surface area contributed by atoms with Crippen molar-refractivity contribution in [2.45, 2.75) is 44.1 Å². The average molecular weight is 204 g/mol. The van der Waals surface area contributed by atoms with Gasteiger partial charge in [0.2, 0.25) is 0 Å². The highest BCUT2D eigenvalue weighted by atomic mass is 14.7. The second-order valence-corrected chi connectivity index (χ2v) is 4.80. The Bertz CT molecular complexity index is 327. The standard InChI is InChI=1S/C13H20N2/c14-12-7-3-2-6-11(12)10-13(15)8-4-1-5-9-13/h2-3,6-7H,1,4-5,8-10,14-15H2. The molecule has 2 rings (SSSR count). The van der Waals surface area contributed by atoms with Gasteiger partial charge < -0.3 is 11.5 Å². The minimum atomic E-state index is -0.00623. The van der Waals surface area contributed by atoms with Gasteiger partial charge in [0.1, 0.15) is 0 Å². The minimum Gasteiger partial charge on any atom is -0.399 e. The number of para-hydroxylation sites is 1. The van der Waals surface area contributed by atoms with Gasteiger partial charge in [-0.3, -0.25) is 0 Å². The molecule has 2 heteroatoms. The molecule has 1 aromatic rings. The third-order valence-corrected chi connectivity index (χ3v) is 3.45. The summed E-state index contributed by atoms with van der Waals surface area (Å²) in [7, 11) is 0. The predicted octanol–water partition coefficient (Wildman–Crippen LogP) is 2.47. The van der Waals surface area contributed by atoms with Crippen LogP contribution < -0.4 is 11.5 Å². The smallest absolute Gasteiger partial charge is 0.0347 e. The lowest BCUT2D eigenvalue weighted by Crippen LogP contribution is -2.43. The monoisotopic (exact) mass is 204 g/mol. The van der Waals surface area contributed by atoms with Gasteiger partial charge in [0.15, 0.2) is 0 Å². The Morgan fingerprint density at radius 3 is 2.40 bits per heavy atom. The fourth-order valence-corrected chi connectivity index (χ4v) is 2.51. The lowest BCUT2D eigenvalue weighted by molar-refractivity contribution is 0.294. The maximum atomic E-state index is 6.40. The molecule has 1 aromatic carbocycles. The number of nitrogens with two attached hydrogens (primary N) is 2. The number of hydrogen-bond acceptors (Lipinski definition) is 2. The number of anilines is 1. The molecule has 0 saturated heterocycles. The first-order valence-corrected chi connectivity index (χ1v) is 5.82. The quantitative estimate of drug-likeness (QED) is 0.727. The van der Waals surface area contributed by atoms with Gasteiger partial charge in [-0.1, -0.05) is 37.5 Å². The van der Waals surface area contributed by atoms with Gasteiger partial charge >= 0.3 is 0 Å². The van der Waals surface area contributed by atoms with Crippen LogP contribution in [0, 0.1) is 0 Å². The van der Waals surface area contributed by atoms with Gasteiger partial charge in [-0.2, -0.15) is 0 Å². The molecule has 0 spiro atoms. The number of nitrogen functional groups attached to an aromatic ring is 1. The van der Waals surface area contributed by atoms with Crippen LogP contribution in [0.3, 0.4) is 0 Å².